The lowest BCUT2D eigenvalue weighted by atomic mass is 10.2. The third-order valence-electron chi connectivity index (χ3n) is 4.12. The van der Waals surface area contributed by atoms with E-state index in [1.165, 1.54) is 5.69 Å². The Morgan fingerprint density at radius 3 is 2.12 bits per heavy atom. The van der Waals surface area contributed by atoms with Gasteiger partial charge in [-0.2, -0.15) is 0 Å². The van der Waals surface area contributed by atoms with E-state index in [-0.39, 0.29) is 12.5 Å². The number of carbonyl (C=O) groups is 1. The number of ether oxygens (including phenoxy) is 2. The zero-order valence-electron chi connectivity index (χ0n) is 15.8. The van der Waals surface area contributed by atoms with E-state index in [4.69, 9.17) is 9.47 Å². The molecule has 0 bridgehead atoms. The van der Waals surface area contributed by atoms with Gasteiger partial charge in [-0.3, -0.25) is 4.79 Å². The minimum atomic E-state index is -0.134. The summed E-state index contributed by atoms with van der Waals surface area (Å²) in [7, 11) is 3.14. The van der Waals surface area contributed by atoms with E-state index >= 15 is 0 Å². The fourth-order valence-electron chi connectivity index (χ4n) is 2.68. The zero-order chi connectivity index (χ0) is 18.9. The number of anilines is 3. The van der Waals surface area contributed by atoms with Crippen LogP contribution < -0.4 is 25.0 Å². The lowest BCUT2D eigenvalue weighted by molar-refractivity contribution is -0.114. The molecule has 2 aromatic carbocycles. The van der Waals surface area contributed by atoms with Crippen LogP contribution in [-0.2, 0) is 4.79 Å². The average Bonchev–Trinajstić information content (AvgIpc) is 2.68. The van der Waals surface area contributed by atoms with E-state index < -0.39 is 0 Å². The van der Waals surface area contributed by atoms with Gasteiger partial charge in [0.25, 0.3) is 0 Å². The fourth-order valence-corrected chi connectivity index (χ4v) is 2.68. The molecule has 2 N–H and O–H groups in total. The Balaban J connectivity index is 1.90. The predicted molar refractivity (Wildman–Crippen MR) is 107 cm³/mol. The van der Waals surface area contributed by atoms with Crippen molar-refractivity contribution in [3.05, 3.63) is 42.5 Å². The number of nitrogens with zero attached hydrogens (tertiary/aromatic N) is 1. The van der Waals surface area contributed by atoms with Crippen LogP contribution in [0.25, 0.3) is 0 Å². The highest BCUT2D eigenvalue weighted by Crippen LogP contribution is 2.29. The van der Waals surface area contributed by atoms with E-state index in [2.05, 4.69) is 41.5 Å². The van der Waals surface area contributed by atoms with E-state index in [0.717, 1.165) is 18.8 Å². The molecule has 140 valence electrons. The SMILES string of the molecule is CCN(CC)c1ccc(NCC(=O)Nc2ccc(OC)c(OC)c2)cc1. The Bertz CT molecular complexity index is 713. The molecule has 0 aliphatic rings. The summed E-state index contributed by atoms with van der Waals surface area (Å²) >= 11 is 0. The Labute approximate surface area is 155 Å². The summed E-state index contributed by atoms with van der Waals surface area (Å²) in [5, 5.41) is 5.97. The molecule has 2 rings (SSSR count). The van der Waals surface area contributed by atoms with Gasteiger partial charge in [0, 0.05) is 36.2 Å². The van der Waals surface area contributed by atoms with Crippen LogP contribution in [-0.4, -0.2) is 39.8 Å². The summed E-state index contributed by atoms with van der Waals surface area (Å²) in [6.45, 7) is 6.38. The van der Waals surface area contributed by atoms with Crippen LogP contribution in [0.15, 0.2) is 42.5 Å². The molecular formula is C20H27N3O3. The standard InChI is InChI=1S/C20H27N3O3/c1-5-23(6-2)17-10-7-15(8-11-17)21-14-20(24)22-16-9-12-18(25-3)19(13-16)26-4/h7-13,21H,5-6,14H2,1-4H3,(H,22,24). The second-order valence-electron chi connectivity index (χ2n) is 5.69. The molecule has 0 radical (unpaired) electrons. The maximum Gasteiger partial charge on any atom is 0.243 e. The van der Waals surface area contributed by atoms with Gasteiger partial charge in [-0.05, 0) is 50.2 Å². The lowest BCUT2D eigenvalue weighted by Gasteiger charge is -2.21. The summed E-state index contributed by atoms with van der Waals surface area (Å²) in [6.07, 6.45) is 0. The third kappa shape index (κ3) is 5.05. The van der Waals surface area contributed by atoms with Gasteiger partial charge in [-0.15, -0.1) is 0 Å². The number of nitrogens with one attached hydrogen (secondary N) is 2. The highest BCUT2D eigenvalue weighted by Gasteiger charge is 2.08. The zero-order valence-corrected chi connectivity index (χ0v) is 15.8. The molecule has 2 aromatic rings. The Morgan fingerprint density at radius 1 is 0.923 bits per heavy atom. The summed E-state index contributed by atoms with van der Waals surface area (Å²) in [5.41, 5.74) is 2.74. The number of hydrogen-bond acceptors (Lipinski definition) is 5. The third-order valence-corrected chi connectivity index (χ3v) is 4.12. The Hall–Kier alpha value is -2.89. The Morgan fingerprint density at radius 2 is 1.54 bits per heavy atom. The van der Waals surface area contributed by atoms with E-state index in [0.29, 0.717) is 17.2 Å². The summed E-state index contributed by atoms with van der Waals surface area (Å²) in [5.74, 6) is 1.06. The van der Waals surface area contributed by atoms with Gasteiger partial charge in [0.2, 0.25) is 5.91 Å². The molecular weight excluding hydrogens is 330 g/mol. The molecule has 0 saturated heterocycles. The van der Waals surface area contributed by atoms with Crippen molar-refractivity contribution in [2.75, 3.05) is 49.4 Å². The molecule has 6 heteroatoms. The summed E-state index contributed by atoms with van der Waals surface area (Å²) in [4.78, 5) is 14.4. The van der Waals surface area contributed by atoms with Gasteiger partial charge < -0.3 is 25.0 Å². The minimum Gasteiger partial charge on any atom is -0.493 e. The van der Waals surface area contributed by atoms with Crippen molar-refractivity contribution in [1.82, 2.24) is 0 Å². The second kappa shape index (κ2) is 9.56. The van der Waals surface area contributed by atoms with Crippen LogP contribution in [0.5, 0.6) is 11.5 Å². The van der Waals surface area contributed by atoms with Crippen LogP contribution in [0.3, 0.4) is 0 Å². The minimum absolute atomic E-state index is 0.134. The number of hydrogen-bond donors (Lipinski definition) is 2. The molecule has 0 aromatic heterocycles. The number of amides is 1. The van der Waals surface area contributed by atoms with Gasteiger partial charge >= 0.3 is 0 Å². The van der Waals surface area contributed by atoms with Crippen molar-refractivity contribution in [3.8, 4) is 11.5 Å². The first-order chi connectivity index (χ1) is 12.6. The maximum absolute atomic E-state index is 12.2. The van der Waals surface area contributed by atoms with E-state index in [1.54, 1.807) is 32.4 Å². The van der Waals surface area contributed by atoms with Gasteiger partial charge in [0.1, 0.15) is 0 Å². The van der Waals surface area contributed by atoms with Gasteiger partial charge in [0.15, 0.2) is 11.5 Å². The molecule has 0 unspecified atom stereocenters. The largest absolute Gasteiger partial charge is 0.493 e. The molecule has 0 atom stereocenters. The molecule has 26 heavy (non-hydrogen) atoms. The van der Waals surface area contributed by atoms with Crippen LogP contribution in [0.4, 0.5) is 17.1 Å². The fraction of sp³-hybridized carbons (Fsp3) is 0.350. The molecule has 0 saturated carbocycles. The number of rotatable bonds is 9. The van der Waals surface area contributed by atoms with Crippen molar-refractivity contribution in [3.63, 3.8) is 0 Å². The Kier molecular flexibility index (Phi) is 7.14. The lowest BCUT2D eigenvalue weighted by Crippen LogP contribution is -2.22. The first-order valence-corrected chi connectivity index (χ1v) is 8.72. The van der Waals surface area contributed by atoms with Gasteiger partial charge in [-0.25, -0.2) is 0 Å². The second-order valence-corrected chi connectivity index (χ2v) is 5.69. The highest BCUT2D eigenvalue weighted by atomic mass is 16.5. The van der Waals surface area contributed by atoms with Crippen molar-refractivity contribution >= 4 is 23.0 Å². The summed E-state index contributed by atoms with van der Waals surface area (Å²) < 4.78 is 10.4. The van der Waals surface area contributed by atoms with Crippen LogP contribution in [0, 0.1) is 0 Å². The summed E-state index contributed by atoms with van der Waals surface area (Å²) in [6, 6.07) is 13.3. The van der Waals surface area contributed by atoms with Gasteiger partial charge in [-0.1, -0.05) is 0 Å². The predicted octanol–water partition coefficient (Wildman–Crippen LogP) is 3.60. The van der Waals surface area contributed by atoms with E-state index in [1.807, 2.05) is 12.1 Å². The molecule has 0 aliphatic carbocycles. The first-order valence-electron chi connectivity index (χ1n) is 8.72. The molecule has 1 amide bonds. The van der Waals surface area contributed by atoms with Crippen LogP contribution >= 0.6 is 0 Å². The average molecular weight is 357 g/mol. The topological polar surface area (TPSA) is 62.8 Å². The maximum atomic E-state index is 12.2. The molecule has 0 aliphatic heterocycles. The molecule has 0 fully saturated rings. The number of benzene rings is 2. The van der Waals surface area contributed by atoms with E-state index in [9.17, 15) is 4.79 Å². The van der Waals surface area contributed by atoms with Crippen molar-refractivity contribution in [2.24, 2.45) is 0 Å². The quantitative estimate of drug-likeness (QED) is 0.718. The van der Waals surface area contributed by atoms with Gasteiger partial charge in [0.05, 0.1) is 20.8 Å². The molecule has 0 heterocycles. The highest BCUT2D eigenvalue weighted by molar-refractivity contribution is 5.94. The number of methoxy groups -OCH3 is 2. The monoisotopic (exact) mass is 357 g/mol. The molecule has 6 nitrogen and oxygen atoms in total. The number of carbonyl (C=O) groups excluding carboxylic acids is 1. The smallest absolute Gasteiger partial charge is 0.243 e. The molecule has 0 spiro atoms. The van der Waals surface area contributed by atoms with Crippen LogP contribution in [0.2, 0.25) is 0 Å². The first kappa shape index (κ1) is 19.4. The normalized spacial score (nSPS) is 10.2. The van der Waals surface area contributed by atoms with Crippen molar-refractivity contribution in [1.29, 1.82) is 0 Å². The van der Waals surface area contributed by atoms with Crippen LogP contribution in [0.1, 0.15) is 13.8 Å². The van der Waals surface area contributed by atoms with Crippen molar-refractivity contribution < 1.29 is 14.3 Å². The van der Waals surface area contributed by atoms with Crippen molar-refractivity contribution in [2.45, 2.75) is 13.8 Å².